The number of thioether (sulfide) groups is 1. The molecule has 0 saturated heterocycles. The number of aryl methyl sites for hydroxylation is 2. The van der Waals surface area contributed by atoms with E-state index in [0.717, 1.165) is 17.2 Å². The van der Waals surface area contributed by atoms with Crippen LogP contribution in [-0.4, -0.2) is 54.7 Å². The van der Waals surface area contributed by atoms with Gasteiger partial charge in [-0.3, -0.25) is 4.79 Å². The van der Waals surface area contributed by atoms with Crippen LogP contribution in [0, 0.1) is 13.8 Å². The summed E-state index contributed by atoms with van der Waals surface area (Å²) in [4.78, 5) is 23.3. The molecule has 0 saturated carbocycles. The fourth-order valence-electron chi connectivity index (χ4n) is 2.09. The molecule has 0 spiro atoms. The van der Waals surface area contributed by atoms with Crippen molar-refractivity contribution in [1.82, 2.24) is 20.5 Å². The molecule has 2 N–H and O–H groups in total. The molecule has 2 aromatic rings. The summed E-state index contributed by atoms with van der Waals surface area (Å²) in [5.41, 5.74) is 0.875. The quantitative estimate of drug-likeness (QED) is 0.312. The average molecular weight is 390 g/mol. The van der Waals surface area contributed by atoms with Gasteiger partial charge in [0, 0.05) is 31.3 Å². The van der Waals surface area contributed by atoms with Gasteiger partial charge in [-0.05, 0) is 26.0 Å². The lowest BCUT2D eigenvalue weighted by Crippen LogP contribution is -2.39. The maximum Gasteiger partial charge on any atom is 0.243 e. The molecule has 0 radical (unpaired) electrons. The van der Waals surface area contributed by atoms with E-state index in [1.54, 1.807) is 25.9 Å². The number of oxazole rings is 1. The van der Waals surface area contributed by atoms with E-state index >= 15 is 0 Å². The van der Waals surface area contributed by atoms with Gasteiger partial charge in [-0.25, -0.2) is 9.98 Å². The van der Waals surface area contributed by atoms with Crippen LogP contribution in [0.2, 0.25) is 0 Å². The molecule has 27 heavy (non-hydrogen) atoms. The largest absolute Gasteiger partial charge is 0.444 e. The number of hydrogen-bond acceptors (Lipinski definition) is 5. The Hall–Kier alpha value is -2.48. The highest BCUT2D eigenvalue weighted by Gasteiger charge is 2.08. The van der Waals surface area contributed by atoms with E-state index in [1.807, 2.05) is 32.0 Å². The number of guanidine groups is 1. The summed E-state index contributed by atoms with van der Waals surface area (Å²) in [6.45, 7) is 4.99. The number of carbonyl (C=O) groups excluding carboxylic acids is 1. The molecule has 1 heterocycles. The average Bonchev–Trinajstić information content (AvgIpc) is 2.98. The van der Waals surface area contributed by atoms with E-state index in [4.69, 9.17) is 4.42 Å². The monoisotopic (exact) mass is 389 g/mol. The molecule has 7 nitrogen and oxygen atoms in total. The summed E-state index contributed by atoms with van der Waals surface area (Å²) in [7, 11) is 3.43. The van der Waals surface area contributed by atoms with Crippen molar-refractivity contribution in [3.05, 3.63) is 47.7 Å². The minimum atomic E-state index is -0.0578. The summed E-state index contributed by atoms with van der Waals surface area (Å²) >= 11 is 1.76. The molecule has 0 aliphatic carbocycles. The molecule has 8 heteroatoms. The lowest BCUT2D eigenvalue weighted by molar-refractivity contribution is -0.127. The number of aliphatic imine (C=N–C) groups is 1. The Bertz CT molecular complexity index is 739. The van der Waals surface area contributed by atoms with Gasteiger partial charge in [0.1, 0.15) is 12.3 Å². The van der Waals surface area contributed by atoms with Crippen LogP contribution in [0.25, 0.3) is 0 Å². The van der Waals surface area contributed by atoms with Crippen LogP contribution in [0.3, 0.4) is 0 Å². The molecule has 0 fully saturated rings. The standard InChI is InChI=1S/C19H27N5O2S/c1-14-15(2)26-17(23-14)12-21-19(22-13-18(25)24(3)4)20-10-11-27-16-8-6-5-7-9-16/h5-9H,10-13H2,1-4H3,(H2,20,21,22). The summed E-state index contributed by atoms with van der Waals surface area (Å²) in [5, 5.41) is 6.43. The highest BCUT2D eigenvalue weighted by atomic mass is 32.2. The SMILES string of the molecule is Cc1nc(CNC(=NCC(=O)N(C)C)NCCSc2ccccc2)oc1C. The number of benzene rings is 1. The van der Waals surface area contributed by atoms with Crippen LogP contribution >= 0.6 is 11.8 Å². The van der Waals surface area contributed by atoms with E-state index in [0.29, 0.717) is 24.9 Å². The van der Waals surface area contributed by atoms with Gasteiger partial charge in [0.2, 0.25) is 11.8 Å². The van der Waals surface area contributed by atoms with Crippen LogP contribution in [0.15, 0.2) is 44.6 Å². The van der Waals surface area contributed by atoms with E-state index in [9.17, 15) is 4.79 Å². The second-order valence-electron chi connectivity index (χ2n) is 6.14. The molecule has 146 valence electrons. The second kappa shape index (κ2) is 10.6. The first kappa shape index (κ1) is 20.8. The number of nitrogens with one attached hydrogen (secondary N) is 2. The Morgan fingerprint density at radius 2 is 1.96 bits per heavy atom. The van der Waals surface area contributed by atoms with Gasteiger partial charge in [-0.2, -0.15) is 0 Å². The van der Waals surface area contributed by atoms with Gasteiger partial charge < -0.3 is 20.0 Å². The number of hydrogen-bond donors (Lipinski definition) is 2. The fourth-order valence-corrected chi connectivity index (χ4v) is 2.88. The van der Waals surface area contributed by atoms with Crippen LogP contribution in [0.5, 0.6) is 0 Å². The third kappa shape index (κ3) is 7.34. The first-order valence-corrected chi connectivity index (χ1v) is 9.77. The Morgan fingerprint density at radius 3 is 2.59 bits per heavy atom. The molecule has 0 bridgehead atoms. The Balaban J connectivity index is 1.87. The smallest absolute Gasteiger partial charge is 0.243 e. The predicted molar refractivity (Wildman–Crippen MR) is 109 cm³/mol. The number of rotatable bonds is 8. The van der Waals surface area contributed by atoms with Crippen molar-refractivity contribution >= 4 is 23.6 Å². The van der Waals surface area contributed by atoms with Crippen molar-refractivity contribution in [3.8, 4) is 0 Å². The number of nitrogens with zero attached hydrogens (tertiary/aromatic N) is 3. The van der Waals surface area contributed by atoms with E-state index in [1.165, 1.54) is 9.80 Å². The molecule has 1 aromatic carbocycles. The molecule has 0 aliphatic heterocycles. The van der Waals surface area contributed by atoms with Gasteiger partial charge in [0.05, 0.1) is 12.2 Å². The van der Waals surface area contributed by atoms with Crippen LogP contribution in [0.4, 0.5) is 0 Å². The maximum atomic E-state index is 11.8. The minimum absolute atomic E-state index is 0.0578. The van der Waals surface area contributed by atoms with Gasteiger partial charge in [-0.15, -0.1) is 11.8 Å². The number of amides is 1. The third-order valence-electron chi connectivity index (χ3n) is 3.76. The van der Waals surface area contributed by atoms with E-state index in [-0.39, 0.29) is 12.5 Å². The highest BCUT2D eigenvalue weighted by molar-refractivity contribution is 7.99. The molecule has 1 aromatic heterocycles. The molecule has 0 unspecified atom stereocenters. The predicted octanol–water partition coefficient (Wildman–Crippen LogP) is 2.21. The third-order valence-corrected chi connectivity index (χ3v) is 4.77. The lowest BCUT2D eigenvalue weighted by atomic mass is 10.4. The normalized spacial score (nSPS) is 11.3. The van der Waals surface area contributed by atoms with Gasteiger partial charge in [0.25, 0.3) is 0 Å². The zero-order chi connectivity index (χ0) is 19.6. The van der Waals surface area contributed by atoms with E-state index in [2.05, 4.69) is 32.7 Å². The minimum Gasteiger partial charge on any atom is -0.444 e. The van der Waals surface area contributed by atoms with Crippen LogP contribution < -0.4 is 10.6 Å². The van der Waals surface area contributed by atoms with Crippen molar-refractivity contribution in [2.75, 3.05) is 32.9 Å². The van der Waals surface area contributed by atoms with Crippen molar-refractivity contribution in [1.29, 1.82) is 0 Å². The van der Waals surface area contributed by atoms with Crippen LogP contribution in [-0.2, 0) is 11.3 Å². The summed E-state index contributed by atoms with van der Waals surface area (Å²) in [6.07, 6.45) is 0. The van der Waals surface area contributed by atoms with Crippen molar-refractivity contribution in [3.63, 3.8) is 0 Å². The zero-order valence-electron chi connectivity index (χ0n) is 16.3. The molecule has 1 amide bonds. The summed E-state index contributed by atoms with van der Waals surface area (Å²) < 4.78 is 5.58. The Kier molecular flexibility index (Phi) is 8.19. The Morgan fingerprint density at radius 1 is 1.22 bits per heavy atom. The lowest BCUT2D eigenvalue weighted by Gasteiger charge is -2.13. The van der Waals surface area contributed by atoms with Gasteiger partial charge in [-0.1, -0.05) is 18.2 Å². The molecular formula is C19H27N5O2S. The molecule has 2 rings (SSSR count). The van der Waals surface area contributed by atoms with Crippen molar-refractivity contribution in [2.45, 2.75) is 25.3 Å². The van der Waals surface area contributed by atoms with Crippen LogP contribution in [0.1, 0.15) is 17.3 Å². The maximum absolute atomic E-state index is 11.8. The van der Waals surface area contributed by atoms with Gasteiger partial charge >= 0.3 is 0 Å². The highest BCUT2D eigenvalue weighted by Crippen LogP contribution is 2.15. The molecule has 0 atom stereocenters. The second-order valence-corrected chi connectivity index (χ2v) is 7.31. The number of aromatic nitrogens is 1. The van der Waals surface area contributed by atoms with Crippen molar-refractivity contribution in [2.24, 2.45) is 4.99 Å². The number of carbonyl (C=O) groups is 1. The first-order valence-electron chi connectivity index (χ1n) is 8.79. The van der Waals surface area contributed by atoms with Crippen molar-refractivity contribution < 1.29 is 9.21 Å². The molecule has 0 aliphatic rings. The number of likely N-dealkylation sites (N-methyl/N-ethyl adjacent to an activating group) is 1. The molecular weight excluding hydrogens is 362 g/mol. The Labute approximate surface area is 164 Å². The fraction of sp³-hybridized carbons (Fsp3) is 0.421. The first-order chi connectivity index (χ1) is 13.0. The summed E-state index contributed by atoms with van der Waals surface area (Å²) in [6, 6.07) is 10.2. The summed E-state index contributed by atoms with van der Waals surface area (Å²) in [5.74, 6) is 2.78. The van der Waals surface area contributed by atoms with E-state index < -0.39 is 0 Å². The van der Waals surface area contributed by atoms with Gasteiger partial charge in [0.15, 0.2) is 5.96 Å². The topological polar surface area (TPSA) is 82.8 Å². The zero-order valence-corrected chi connectivity index (χ0v) is 17.1.